The van der Waals surface area contributed by atoms with Crippen molar-refractivity contribution in [1.82, 2.24) is 9.97 Å². The van der Waals surface area contributed by atoms with Crippen LogP contribution in [0.2, 0.25) is 0 Å². The number of nitrogens with zero attached hydrogens (tertiary/aromatic N) is 1. The first-order chi connectivity index (χ1) is 9.61. The maximum atomic E-state index is 12.1. The van der Waals surface area contributed by atoms with Gasteiger partial charge in [0.05, 0.1) is 17.1 Å². The van der Waals surface area contributed by atoms with Gasteiger partial charge in [-0.15, -0.1) is 11.3 Å². The van der Waals surface area contributed by atoms with Crippen molar-refractivity contribution in [1.29, 1.82) is 0 Å². The molecular formula is C15H15N3OS. The van der Waals surface area contributed by atoms with E-state index in [0.717, 1.165) is 32.2 Å². The number of fused-ring (bicyclic) bond motifs is 1. The maximum Gasteiger partial charge on any atom is 0.229 e. The molecule has 0 radical (unpaired) electrons. The van der Waals surface area contributed by atoms with E-state index < -0.39 is 0 Å². The third-order valence-corrected chi connectivity index (χ3v) is 4.23. The van der Waals surface area contributed by atoms with Gasteiger partial charge in [0.1, 0.15) is 0 Å². The third-order valence-electron chi connectivity index (χ3n) is 3.16. The van der Waals surface area contributed by atoms with Crippen LogP contribution in [0.25, 0.3) is 10.9 Å². The minimum absolute atomic E-state index is 0.00774. The van der Waals surface area contributed by atoms with E-state index in [0.29, 0.717) is 6.42 Å². The van der Waals surface area contributed by atoms with Crippen LogP contribution in [0.15, 0.2) is 30.5 Å². The van der Waals surface area contributed by atoms with Crippen LogP contribution in [0.5, 0.6) is 0 Å². The van der Waals surface area contributed by atoms with Crippen molar-refractivity contribution < 1.29 is 4.79 Å². The zero-order valence-electron chi connectivity index (χ0n) is 11.4. The van der Waals surface area contributed by atoms with Crippen molar-refractivity contribution in [3.8, 4) is 0 Å². The second kappa shape index (κ2) is 5.09. The Morgan fingerprint density at radius 1 is 1.35 bits per heavy atom. The van der Waals surface area contributed by atoms with Crippen LogP contribution < -0.4 is 5.32 Å². The van der Waals surface area contributed by atoms with E-state index in [9.17, 15) is 4.79 Å². The van der Waals surface area contributed by atoms with Crippen molar-refractivity contribution in [3.63, 3.8) is 0 Å². The zero-order chi connectivity index (χ0) is 14.1. The highest BCUT2D eigenvalue weighted by Crippen LogP contribution is 2.20. The summed E-state index contributed by atoms with van der Waals surface area (Å²) in [5, 5.41) is 5.02. The highest BCUT2D eigenvalue weighted by Gasteiger charge is 2.10. The van der Waals surface area contributed by atoms with Gasteiger partial charge >= 0.3 is 0 Å². The molecule has 2 aromatic heterocycles. The molecule has 0 spiro atoms. The van der Waals surface area contributed by atoms with Gasteiger partial charge in [-0.05, 0) is 38.1 Å². The molecule has 2 N–H and O–H groups in total. The highest BCUT2D eigenvalue weighted by atomic mass is 32.1. The first kappa shape index (κ1) is 12.9. The first-order valence-electron chi connectivity index (χ1n) is 6.42. The number of thiazole rings is 1. The van der Waals surface area contributed by atoms with Gasteiger partial charge in [0.2, 0.25) is 5.91 Å². The summed E-state index contributed by atoms with van der Waals surface area (Å²) in [6, 6.07) is 7.82. The van der Waals surface area contributed by atoms with Crippen molar-refractivity contribution >= 4 is 33.8 Å². The summed E-state index contributed by atoms with van der Waals surface area (Å²) in [4.78, 5) is 20.6. The lowest BCUT2D eigenvalue weighted by Gasteiger charge is -2.04. The van der Waals surface area contributed by atoms with E-state index in [1.54, 1.807) is 11.3 Å². The van der Waals surface area contributed by atoms with Gasteiger partial charge in [0.25, 0.3) is 0 Å². The van der Waals surface area contributed by atoms with Gasteiger partial charge in [-0.2, -0.15) is 0 Å². The topological polar surface area (TPSA) is 57.8 Å². The van der Waals surface area contributed by atoms with Gasteiger partial charge in [-0.1, -0.05) is 0 Å². The Balaban J connectivity index is 1.73. The molecule has 0 unspecified atom stereocenters. The molecule has 0 aliphatic heterocycles. The number of rotatable bonds is 3. The third kappa shape index (κ3) is 2.58. The average molecular weight is 285 g/mol. The number of aryl methyl sites for hydroxylation is 2. The molecule has 3 rings (SSSR count). The fraction of sp³-hybridized carbons (Fsp3) is 0.200. The molecule has 20 heavy (non-hydrogen) atoms. The number of nitrogens with one attached hydrogen (secondary N) is 2. The molecule has 2 heterocycles. The van der Waals surface area contributed by atoms with E-state index in [1.165, 1.54) is 0 Å². The number of anilines is 1. The first-order valence-corrected chi connectivity index (χ1v) is 7.23. The molecule has 0 aliphatic rings. The zero-order valence-corrected chi connectivity index (χ0v) is 12.2. The predicted octanol–water partition coefficient (Wildman–Crippen LogP) is 3.42. The van der Waals surface area contributed by atoms with Gasteiger partial charge in [0.15, 0.2) is 0 Å². The summed E-state index contributed by atoms with van der Waals surface area (Å²) in [5.74, 6) is -0.00774. The van der Waals surface area contributed by atoms with E-state index in [-0.39, 0.29) is 5.91 Å². The average Bonchev–Trinajstić information content (AvgIpc) is 2.96. The number of benzene rings is 1. The van der Waals surface area contributed by atoms with Gasteiger partial charge in [-0.25, -0.2) is 4.98 Å². The molecule has 1 amide bonds. The molecule has 0 saturated heterocycles. The summed E-state index contributed by atoms with van der Waals surface area (Å²) < 4.78 is 0. The molecule has 4 nitrogen and oxygen atoms in total. The second-order valence-electron chi connectivity index (χ2n) is 4.75. The summed E-state index contributed by atoms with van der Waals surface area (Å²) in [7, 11) is 0. The fourth-order valence-electron chi connectivity index (χ4n) is 2.22. The number of carbonyl (C=O) groups excluding carboxylic acids is 1. The van der Waals surface area contributed by atoms with Crippen LogP contribution in [-0.4, -0.2) is 15.9 Å². The van der Waals surface area contributed by atoms with E-state index in [2.05, 4.69) is 15.3 Å². The molecule has 3 aromatic rings. The number of hydrogen-bond donors (Lipinski definition) is 2. The van der Waals surface area contributed by atoms with Crippen molar-refractivity contribution in [3.05, 3.63) is 46.0 Å². The highest BCUT2D eigenvalue weighted by molar-refractivity contribution is 7.11. The number of carbonyl (C=O) groups is 1. The van der Waals surface area contributed by atoms with E-state index >= 15 is 0 Å². The molecule has 0 fully saturated rings. The summed E-state index contributed by atoms with van der Waals surface area (Å²) in [6.45, 7) is 3.90. The Labute approximate surface area is 120 Å². The van der Waals surface area contributed by atoms with Crippen LogP contribution >= 0.6 is 11.3 Å². The second-order valence-corrected chi connectivity index (χ2v) is 6.03. The lowest BCUT2D eigenvalue weighted by molar-refractivity contribution is -0.115. The molecule has 0 saturated carbocycles. The van der Waals surface area contributed by atoms with E-state index in [1.807, 2.05) is 44.3 Å². The Morgan fingerprint density at radius 3 is 2.95 bits per heavy atom. The van der Waals surface area contributed by atoms with Crippen molar-refractivity contribution in [2.24, 2.45) is 0 Å². The van der Waals surface area contributed by atoms with Gasteiger partial charge < -0.3 is 10.3 Å². The SMILES string of the molecule is Cc1nc(C)c(CC(=O)Nc2ccc3[nH]ccc3c2)s1. The fourth-order valence-corrected chi connectivity index (χ4v) is 3.16. The summed E-state index contributed by atoms with van der Waals surface area (Å²) in [5.41, 5.74) is 2.83. The molecule has 0 aliphatic carbocycles. The number of H-pyrrole nitrogens is 1. The molecule has 0 bridgehead atoms. The van der Waals surface area contributed by atoms with E-state index in [4.69, 9.17) is 0 Å². The Hall–Kier alpha value is -2.14. The van der Waals surface area contributed by atoms with Crippen LogP contribution in [0, 0.1) is 13.8 Å². The predicted molar refractivity (Wildman–Crippen MR) is 82.2 cm³/mol. The lowest BCUT2D eigenvalue weighted by atomic mass is 10.2. The Morgan fingerprint density at radius 2 is 2.20 bits per heavy atom. The van der Waals surface area contributed by atoms with Crippen LogP contribution in [-0.2, 0) is 11.2 Å². The molecule has 1 aromatic carbocycles. The van der Waals surface area contributed by atoms with Crippen molar-refractivity contribution in [2.75, 3.05) is 5.32 Å². The maximum absolute atomic E-state index is 12.1. The molecule has 0 atom stereocenters. The monoisotopic (exact) mass is 285 g/mol. The molecule has 102 valence electrons. The number of aromatic nitrogens is 2. The lowest BCUT2D eigenvalue weighted by Crippen LogP contribution is -2.14. The smallest absolute Gasteiger partial charge is 0.229 e. The normalized spacial score (nSPS) is 10.9. The number of aromatic amines is 1. The minimum atomic E-state index is -0.00774. The number of hydrogen-bond acceptors (Lipinski definition) is 3. The van der Waals surface area contributed by atoms with Crippen LogP contribution in [0.3, 0.4) is 0 Å². The van der Waals surface area contributed by atoms with Crippen LogP contribution in [0.1, 0.15) is 15.6 Å². The standard InChI is InChI=1S/C15H15N3OS/c1-9-14(20-10(2)17-9)8-15(19)18-12-3-4-13-11(7-12)5-6-16-13/h3-7,16H,8H2,1-2H3,(H,18,19). The van der Waals surface area contributed by atoms with Crippen molar-refractivity contribution in [2.45, 2.75) is 20.3 Å². The van der Waals surface area contributed by atoms with Crippen LogP contribution in [0.4, 0.5) is 5.69 Å². The largest absolute Gasteiger partial charge is 0.361 e. The quantitative estimate of drug-likeness (QED) is 0.774. The van der Waals surface area contributed by atoms with Gasteiger partial charge in [0, 0.05) is 27.7 Å². The van der Waals surface area contributed by atoms with Gasteiger partial charge in [-0.3, -0.25) is 4.79 Å². The molecule has 5 heteroatoms. The summed E-state index contributed by atoms with van der Waals surface area (Å²) in [6.07, 6.45) is 2.27. The molecular weight excluding hydrogens is 270 g/mol. The summed E-state index contributed by atoms with van der Waals surface area (Å²) >= 11 is 1.58. The Bertz CT molecular complexity index is 772. The Kier molecular flexibility index (Phi) is 3.28. The number of amides is 1. The minimum Gasteiger partial charge on any atom is -0.361 e.